The highest BCUT2D eigenvalue weighted by Gasteiger charge is 2.32. The van der Waals surface area contributed by atoms with Crippen molar-refractivity contribution in [3.8, 4) is 5.75 Å². The summed E-state index contributed by atoms with van der Waals surface area (Å²) >= 11 is 0. The molecule has 1 aromatic heterocycles. The van der Waals surface area contributed by atoms with Gasteiger partial charge < -0.3 is 9.72 Å². The summed E-state index contributed by atoms with van der Waals surface area (Å²) in [4.78, 5) is 3.63. The molecule has 4 rings (SSSR count). The molecule has 2 heteroatoms. The van der Waals surface area contributed by atoms with Gasteiger partial charge >= 0.3 is 0 Å². The van der Waals surface area contributed by atoms with Gasteiger partial charge in [0.2, 0.25) is 0 Å². The summed E-state index contributed by atoms with van der Waals surface area (Å²) in [7, 11) is 1.70. The van der Waals surface area contributed by atoms with Crippen LogP contribution in [0.4, 0.5) is 0 Å². The molecule has 1 atom stereocenters. The van der Waals surface area contributed by atoms with Crippen molar-refractivity contribution in [2.45, 2.75) is 12.3 Å². The zero-order valence-electron chi connectivity index (χ0n) is 14.5. The minimum atomic E-state index is -0.271. The molecule has 1 N–H and O–H groups in total. The van der Waals surface area contributed by atoms with Crippen molar-refractivity contribution in [3.63, 3.8) is 0 Å². The van der Waals surface area contributed by atoms with E-state index in [1.165, 1.54) is 22.2 Å². The molecule has 0 amide bonds. The number of ether oxygens (including phenoxy) is 1. The quantitative estimate of drug-likeness (QED) is 0.524. The third-order valence-corrected chi connectivity index (χ3v) is 5.09. The van der Waals surface area contributed by atoms with E-state index in [1.807, 2.05) is 12.1 Å². The van der Waals surface area contributed by atoms with Crippen LogP contribution in [0.5, 0.6) is 5.75 Å². The molecule has 0 unspecified atom stereocenters. The summed E-state index contributed by atoms with van der Waals surface area (Å²) in [6.45, 7) is 2.27. The minimum absolute atomic E-state index is 0.271. The molecule has 2 nitrogen and oxygen atoms in total. The maximum Gasteiger partial charge on any atom is 0.118 e. The van der Waals surface area contributed by atoms with Crippen LogP contribution in [0, 0.1) is 0 Å². The summed E-state index contributed by atoms with van der Waals surface area (Å²) in [6, 6.07) is 29.7. The Kier molecular flexibility index (Phi) is 3.81. The van der Waals surface area contributed by atoms with Crippen molar-refractivity contribution in [1.82, 2.24) is 4.98 Å². The first kappa shape index (κ1) is 15.5. The van der Waals surface area contributed by atoms with Crippen LogP contribution in [-0.4, -0.2) is 12.1 Å². The number of fused-ring (bicyclic) bond motifs is 1. The van der Waals surface area contributed by atoms with Gasteiger partial charge in [0.05, 0.1) is 12.5 Å². The summed E-state index contributed by atoms with van der Waals surface area (Å²) in [5.41, 5.74) is 4.56. The van der Waals surface area contributed by atoms with E-state index in [2.05, 4.69) is 84.7 Å². The highest BCUT2D eigenvalue weighted by Crippen LogP contribution is 2.39. The second-order valence-electron chi connectivity index (χ2n) is 6.49. The largest absolute Gasteiger partial charge is 0.497 e. The van der Waals surface area contributed by atoms with Crippen LogP contribution in [0.2, 0.25) is 0 Å². The van der Waals surface area contributed by atoms with E-state index in [-0.39, 0.29) is 5.41 Å². The summed E-state index contributed by atoms with van der Waals surface area (Å²) in [6.07, 6.45) is 0. The number of para-hydroxylation sites is 1. The number of nitrogens with one attached hydrogen (secondary N) is 1. The number of rotatable bonds is 4. The van der Waals surface area contributed by atoms with Crippen LogP contribution in [0.25, 0.3) is 10.9 Å². The molecule has 0 bridgehead atoms. The van der Waals surface area contributed by atoms with Gasteiger partial charge in [-0.3, -0.25) is 0 Å². The maximum atomic E-state index is 5.33. The molecule has 0 spiro atoms. The molecule has 4 aromatic rings. The molecule has 3 aromatic carbocycles. The van der Waals surface area contributed by atoms with Crippen molar-refractivity contribution in [2.75, 3.05) is 7.11 Å². The van der Waals surface area contributed by atoms with Gasteiger partial charge in [0.1, 0.15) is 5.75 Å². The average Bonchev–Trinajstić information content (AvgIpc) is 3.13. The Balaban J connectivity index is 1.94. The highest BCUT2D eigenvalue weighted by atomic mass is 16.5. The van der Waals surface area contributed by atoms with E-state index in [4.69, 9.17) is 4.74 Å². The molecule has 25 heavy (non-hydrogen) atoms. The molecule has 0 radical (unpaired) electrons. The van der Waals surface area contributed by atoms with Gasteiger partial charge in [-0.1, -0.05) is 60.7 Å². The van der Waals surface area contributed by atoms with Crippen molar-refractivity contribution in [1.29, 1.82) is 0 Å². The zero-order valence-corrected chi connectivity index (χ0v) is 14.5. The summed E-state index contributed by atoms with van der Waals surface area (Å²) in [5.74, 6) is 0.871. The third-order valence-electron chi connectivity index (χ3n) is 5.09. The predicted octanol–water partition coefficient (Wildman–Crippen LogP) is 5.53. The number of aromatic nitrogens is 1. The number of hydrogen-bond acceptors (Lipinski definition) is 1. The van der Waals surface area contributed by atoms with Crippen LogP contribution in [0.3, 0.4) is 0 Å². The molecule has 0 saturated carbocycles. The molecule has 124 valence electrons. The molecular weight excluding hydrogens is 306 g/mol. The van der Waals surface area contributed by atoms with Crippen molar-refractivity contribution in [3.05, 3.63) is 102 Å². The fourth-order valence-electron chi connectivity index (χ4n) is 3.52. The van der Waals surface area contributed by atoms with Crippen LogP contribution >= 0.6 is 0 Å². The lowest BCUT2D eigenvalue weighted by molar-refractivity contribution is 0.414. The van der Waals surface area contributed by atoms with Crippen LogP contribution in [0.1, 0.15) is 23.7 Å². The first-order chi connectivity index (χ1) is 12.2. The van der Waals surface area contributed by atoms with Gasteiger partial charge in [0.15, 0.2) is 0 Å². The second kappa shape index (κ2) is 6.14. The van der Waals surface area contributed by atoms with Gasteiger partial charge in [0, 0.05) is 11.2 Å². The maximum absolute atomic E-state index is 5.33. The Morgan fingerprint density at radius 1 is 0.760 bits per heavy atom. The minimum Gasteiger partial charge on any atom is -0.497 e. The van der Waals surface area contributed by atoms with E-state index in [9.17, 15) is 0 Å². The molecule has 1 heterocycles. The number of H-pyrrole nitrogens is 1. The number of benzene rings is 3. The lowest BCUT2D eigenvalue weighted by Crippen LogP contribution is -2.25. The van der Waals surface area contributed by atoms with E-state index in [0.29, 0.717) is 0 Å². The van der Waals surface area contributed by atoms with Gasteiger partial charge in [-0.05, 0) is 47.7 Å². The van der Waals surface area contributed by atoms with Crippen LogP contribution in [-0.2, 0) is 5.41 Å². The molecular formula is C23H21NO. The first-order valence-corrected chi connectivity index (χ1v) is 8.50. The van der Waals surface area contributed by atoms with E-state index in [0.717, 1.165) is 11.3 Å². The normalized spacial score (nSPS) is 13.5. The molecule has 0 aliphatic rings. The van der Waals surface area contributed by atoms with E-state index < -0.39 is 0 Å². The first-order valence-electron chi connectivity index (χ1n) is 8.50. The Hall–Kier alpha value is -3.00. The molecule has 0 aliphatic heterocycles. The monoisotopic (exact) mass is 327 g/mol. The number of methoxy groups -OCH3 is 1. The van der Waals surface area contributed by atoms with Crippen molar-refractivity contribution >= 4 is 10.9 Å². The standard InChI is InChI=1S/C23H21NO/c1-23(18-9-4-3-5-10-18,19-12-14-20(25-2)15-13-19)22-16-17-8-6-7-11-21(17)24-22/h3-16,24H,1-2H3/t23-/m0/s1. The second-order valence-corrected chi connectivity index (χ2v) is 6.49. The van der Waals surface area contributed by atoms with E-state index in [1.54, 1.807) is 7.11 Å². The SMILES string of the molecule is COc1ccc([C@](C)(c2ccccc2)c2cc3ccccc3[nH]2)cc1. The van der Waals surface area contributed by atoms with Crippen LogP contribution < -0.4 is 4.74 Å². The fourth-order valence-corrected chi connectivity index (χ4v) is 3.52. The highest BCUT2D eigenvalue weighted by molar-refractivity contribution is 5.81. The van der Waals surface area contributed by atoms with Crippen molar-refractivity contribution in [2.24, 2.45) is 0 Å². The molecule has 0 aliphatic carbocycles. The van der Waals surface area contributed by atoms with Crippen LogP contribution in [0.15, 0.2) is 84.9 Å². The average molecular weight is 327 g/mol. The Labute approximate surface area is 148 Å². The number of aromatic amines is 1. The zero-order chi connectivity index (χ0) is 17.3. The van der Waals surface area contributed by atoms with Gasteiger partial charge in [-0.2, -0.15) is 0 Å². The molecule has 0 fully saturated rings. The lowest BCUT2D eigenvalue weighted by atomic mass is 9.73. The van der Waals surface area contributed by atoms with Gasteiger partial charge in [0.25, 0.3) is 0 Å². The fraction of sp³-hybridized carbons (Fsp3) is 0.130. The Bertz CT molecular complexity index is 952. The van der Waals surface area contributed by atoms with Crippen molar-refractivity contribution < 1.29 is 4.74 Å². The smallest absolute Gasteiger partial charge is 0.118 e. The number of hydrogen-bond donors (Lipinski definition) is 1. The third kappa shape index (κ3) is 2.60. The Morgan fingerprint density at radius 2 is 1.40 bits per heavy atom. The predicted molar refractivity (Wildman–Crippen MR) is 103 cm³/mol. The molecule has 0 saturated heterocycles. The van der Waals surface area contributed by atoms with Gasteiger partial charge in [-0.15, -0.1) is 0 Å². The Morgan fingerprint density at radius 3 is 2.08 bits per heavy atom. The topological polar surface area (TPSA) is 25.0 Å². The summed E-state index contributed by atoms with van der Waals surface area (Å²) < 4.78 is 5.33. The van der Waals surface area contributed by atoms with Gasteiger partial charge in [-0.25, -0.2) is 0 Å². The lowest BCUT2D eigenvalue weighted by Gasteiger charge is -2.30. The van der Waals surface area contributed by atoms with E-state index >= 15 is 0 Å². The summed E-state index contributed by atoms with van der Waals surface area (Å²) in [5, 5.41) is 1.23.